The third kappa shape index (κ3) is 4.06. The molecule has 0 amide bonds. The van der Waals surface area contributed by atoms with Gasteiger partial charge in [0, 0.05) is 14.1 Å². The molecular weight excluding hydrogens is 411 g/mol. The Morgan fingerprint density at radius 3 is 2.71 bits per heavy atom. The summed E-state index contributed by atoms with van der Waals surface area (Å²) in [5.74, 6) is 0. The molecule has 1 aromatic carbocycles. The minimum atomic E-state index is 0.553. The number of anilines is 1. The predicted octanol–water partition coefficient (Wildman–Crippen LogP) is 4.28. The lowest BCUT2D eigenvalue weighted by Gasteiger charge is -2.16. The summed E-state index contributed by atoms with van der Waals surface area (Å²) >= 11 is 11.1. The van der Waals surface area contributed by atoms with Gasteiger partial charge in [0.05, 0.1) is 5.69 Å². The molecule has 0 unspecified atom stereocenters. The summed E-state index contributed by atoms with van der Waals surface area (Å²) in [4.78, 5) is 0. The SMILES string of the molecule is S=C(Nc1ccc(I)cc1Br)NC1CCCC1. The van der Waals surface area contributed by atoms with Gasteiger partial charge in [-0.1, -0.05) is 12.8 Å². The highest BCUT2D eigenvalue weighted by Gasteiger charge is 2.15. The number of halogens is 2. The summed E-state index contributed by atoms with van der Waals surface area (Å²) in [7, 11) is 0. The van der Waals surface area contributed by atoms with Crippen LogP contribution < -0.4 is 10.6 Å². The Morgan fingerprint density at radius 1 is 1.35 bits per heavy atom. The Labute approximate surface area is 129 Å². The highest BCUT2D eigenvalue weighted by Crippen LogP contribution is 2.24. The molecule has 1 aliphatic carbocycles. The maximum atomic E-state index is 5.32. The average molecular weight is 425 g/mol. The molecule has 92 valence electrons. The van der Waals surface area contributed by atoms with Gasteiger partial charge in [0.1, 0.15) is 0 Å². The summed E-state index contributed by atoms with van der Waals surface area (Å²) in [6, 6.07) is 6.72. The van der Waals surface area contributed by atoms with E-state index >= 15 is 0 Å². The third-order valence-electron chi connectivity index (χ3n) is 2.87. The first-order valence-corrected chi connectivity index (χ1v) is 7.96. The molecule has 0 radical (unpaired) electrons. The summed E-state index contributed by atoms with van der Waals surface area (Å²) in [6.45, 7) is 0. The maximum absolute atomic E-state index is 5.32. The van der Waals surface area contributed by atoms with E-state index in [1.807, 2.05) is 6.07 Å². The molecule has 2 rings (SSSR count). The lowest BCUT2D eigenvalue weighted by Crippen LogP contribution is -2.35. The first kappa shape index (κ1) is 13.5. The topological polar surface area (TPSA) is 24.1 Å². The van der Waals surface area contributed by atoms with Crippen LogP contribution in [0.2, 0.25) is 0 Å². The van der Waals surface area contributed by atoms with E-state index < -0.39 is 0 Å². The second-order valence-electron chi connectivity index (χ2n) is 4.20. The van der Waals surface area contributed by atoms with Crippen LogP contribution in [0.25, 0.3) is 0 Å². The number of rotatable bonds is 2. The Hall–Kier alpha value is 0.120. The van der Waals surface area contributed by atoms with E-state index in [0.717, 1.165) is 15.3 Å². The lowest BCUT2D eigenvalue weighted by molar-refractivity contribution is 0.634. The van der Waals surface area contributed by atoms with Gasteiger partial charge in [0.25, 0.3) is 0 Å². The molecule has 1 fully saturated rings. The Bertz CT molecular complexity index is 419. The van der Waals surface area contributed by atoms with E-state index in [1.165, 1.54) is 29.3 Å². The molecule has 0 aliphatic heterocycles. The zero-order valence-corrected chi connectivity index (χ0v) is 13.9. The summed E-state index contributed by atoms with van der Waals surface area (Å²) in [6.07, 6.45) is 5.09. The van der Waals surface area contributed by atoms with Crippen molar-refractivity contribution in [3.05, 3.63) is 26.2 Å². The van der Waals surface area contributed by atoms with E-state index in [4.69, 9.17) is 12.2 Å². The first-order chi connectivity index (χ1) is 8.15. The molecule has 1 saturated carbocycles. The standard InChI is InChI=1S/C12H14BrIN2S/c13-10-7-8(14)5-6-11(10)16-12(17)15-9-3-1-2-4-9/h5-7,9H,1-4H2,(H2,15,16,17). The van der Waals surface area contributed by atoms with Crippen LogP contribution in [-0.2, 0) is 0 Å². The molecule has 1 aliphatic rings. The molecule has 0 heterocycles. The highest BCUT2D eigenvalue weighted by molar-refractivity contribution is 14.1. The predicted molar refractivity (Wildman–Crippen MR) is 88.5 cm³/mol. The first-order valence-electron chi connectivity index (χ1n) is 5.68. The van der Waals surface area contributed by atoms with Crippen molar-refractivity contribution in [1.82, 2.24) is 5.32 Å². The van der Waals surface area contributed by atoms with Crippen LogP contribution in [-0.4, -0.2) is 11.2 Å². The van der Waals surface area contributed by atoms with Gasteiger partial charge >= 0.3 is 0 Å². The monoisotopic (exact) mass is 424 g/mol. The van der Waals surface area contributed by atoms with Crippen LogP contribution in [0.3, 0.4) is 0 Å². The van der Waals surface area contributed by atoms with Crippen molar-refractivity contribution >= 4 is 61.5 Å². The van der Waals surface area contributed by atoms with Gasteiger partial charge in [-0.2, -0.15) is 0 Å². The fraction of sp³-hybridized carbons (Fsp3) is 0.417. The maximum Gasteiger partial charge on any atom is 0.171 e. The number of hydrogen-bond acceptors (Lipinski definition) is 1. The fourth-order valence-electron chi connectivity index (χ4n) is 2.00. The Kier molecular flexibility index (Phi) is 5.05. The largest absolute Gasteiger partial charge is 0.360 e. The van der Waals surface area contributed by atoms with Gasteiger partial charge in [-0.15, -0.1) is 0 Å². The number of benzene rings is 1. The van der Waals surface area contributed by atoms with E-state index in [9.17, 15) is 0 Å². The lowest BCUT2D eigenvalue weighted by atomic mass is 10.2. The van der Waals surface area contributed by atoms with Crippen LogP contribution in [0.15, 0.2) is 22.7 Å². The van der Waals surface area contributed by atoms with Gasteiger partial charge < -0.3 is 10.6 Å². The minimum Gasteiger partial charge on any atom is -0.360 e. The molecule has 5 heteroatoms. The van der Waals surface area contributed by atoms with Crippen molar-refractivity contribution in [2.24, 2.45) is 0 Å². The third-order valence-corrected chi connectivity index (χ3v) is 4.42. The number of hydrogen-bond donors (Lipinski definition) is 2. The van der Waals surface area contributed by atoms with Crippen LogP contribution in [0.5, 0.6) is 0 Å². The van der Waals surface area contributed by atoms with E-state index in [-0.39, 0.29) is 0 Å². The molecule has 0 bridgehead atoms. The van der Waals surface area contributed by atoms with E-state index in [2.05, 4.69) is 61.3 Å². The normalized spacial score (nSPS) is 15.9. The quantitative estimate of drug-likeness (QED) is 0.547. The van der Waals surface area contributed by atoms with Crippen molar-refractivity contribution in [3.63, 3.8) is 0 Å². The van der Waals surface area contributed by atoms with Crippen LogP contribution in [0.1, 0.15) is 25.7 Å². The summed E-state index contributed by atoms with van der Waals surface area (Å²) in [5.41, 5.74) is 1.01. The molecule has 2 N–H and O–H groups in total. The van der Waals surface area contributed by atoms with Crippen molar-refractivity contribution in [3.8, 4) is 0 Å². The summed E-state index contributed by atoms with van der Waals surface area (Å²) < 4.78 is 2.25. The fourth-order valence-corrected chi connectivity index (χ4v) is 3.68. The molecule has 2 nitrogen and oxygen atoms in total. The van der Waals surface area contributed by atoms with Crippen molar-refractivity contribution < 1.29 is 0 Å². The van der Waals surface area contributed by atoms with Crippen molar-refractivity contribution in [2.75, 3.05) is 5.32 Å². The van der Waals surface area contributed by atoms with Crippen molar-refractivity contribution in [1.29, 1.82) is 0 Å². The van der Waals surface area contributed by atoms with Crippen molar-refractivity contribution in [2.45, 2.75) is 31.7 Å². The Morgan fingerprint density at radius 2 is 2.06 bits per heavy atom. The van der Waals surface area contributed by atoms with E-state index in [0.29, 0.717) is 6.04 Å². The molecule has 0 atom stereocenters. The zero-order chi connectivity index (χ0) is 12.3. The number of nitrogens with one attached hydrogen (secondary N) is 2. The van der Waals surface area contributed by atoms with Crippen LogP contribution in [0, 0.1) is 3.57 Å². The molecule has 0 saturated heterocycles. The van der Waals surface area contributed by atoms with Gasteiger partial charge in [-0.25, -0.2) is 0 Å². The Balaban J connectivity index is 1.93. The van der Waals surface area contributed by atoms with Crippen LogP contribution in [0.4, 0.5) is 5.69 Å². The molecular formula is C12H14BrIN2S. The second kappa shape index (κ2) is 6.33. The van der Waals surface area contributed by atoms with Gasteiger partial charge in [-0.3, -0.25) is 0 Å². The van der Waals surface area contributed by atoms with Crippen LogP contribution >= 0.6 is 50.7 Å². The second-order valence-corrected chi connectivity index (χ2v) is 6.71. The van der Waals surface area contributed by atoms with Gasteiger partial charge in [0.2, 0.25) is 0 Å². The van der Waals surface area contributed by atoms with Gasteiger partial charge in [0.15, 0.2) is 5.11 Å². The number of thiocarbonyl (C=S) groups is 1. The minimum absolute atomic E-state index is 0.553. The molecule has 0 spiro atoms. The zero-order valence-electron chi connectivity index (χ0n) is 9.30. The molecule has 1 aromatic rings. The molecule has 0 aromatic heterocycles. The molecule has 17 heavy (non-hydrogen) atoms. The summed E-state index contributed by atoms with van der Waals surface area (Å²) in [5, 5.41) is 7.32. The highest BCUT2D eigenvalue weighted by atomic mass is 127. The van der Waals surface area contributed by atoms with E-state index in [1.54, 1.807) is 0 Å². The van der Waals surface area contributed by atoms with Gasteiger partial charge in [-0.05, 0) is 81.8 Å². The smallest absolute Gasteiger partial charge is 0.171 e. The average Bonchev–Trinajstić information content (AvgIpc) is 2.75.